The number of alkyl carbamates (subject to hydrolysis) is 1. The predicted octanol–water partition coefficient (Wildman–Crippen LogP) is 5.52. The Morgan fingerprint density at radius 1 is 0.902 bits per heavy atom. The summed E-state index contributed by atoms with van der Waals surface area (Å²) < 4.78 is 18.6. The van der Waals surface area contributed by atoms with Gasteiger partial charge in [-0.05, 0) is 57.4 Å². The Labute approximate surface area is 247 Å². The van der Waals surface area contributed by atoms with Crippen LogP contribution in [0.4, 0.5) is 4.79 Å². The lowest BCUT2D eigenvalue weighted by molar-refractivity contribution is 0.0949. The fourth-order valence-electron chi connectivity index (χ4n) is 3.98. The van der Waals surface area contributed by atoms with Crippen molar-refractivity contribution in [3.05, 3.63) is 117 Å². The minimum Gasteiger partial charge on any atom is -0.497 e. The van der Waals surface area contributed by atoms with Crippen LogP contribution in [0.5, 0.6) is 11.5 Å². The van der Waals surface area contributed by atoms with Crippen molar-refractivity contribution in [3.63, 3.8) is 0 Å². The molecule has 0 atom stereocenters. The van der Waals surface area contributed by atoms with Crippen molar-refractivity contribution in [1.82, 2.24) is 15.2 Å². The summed E-state index contributed by atoms with van der Waals surface area (Å²) in [5.41, 5.74) is 4.05. The van der Waals surface area contributed by atoms with E-state index in [9.17, 15) is 9.59 Å². The zero-order valence-electron chi connectivity index (χ0n) is 22.8. The van der Waals surface area contributed by atoms with Crippen LogP contribution in [0, 0.1) is 11.8 Å². The first kappa shape index (κ1) is 29.3. The molecule has 0 aliphatic rings. The molecule has 1 heterocycles. The summed E-state index contributed by atoms with van der Waals surface area (Å²) in [7, 11) is 3.20. The molecule has 0 spiro atoms. The number of benzene rings is 3. The first-order valence-corrected chi connectivity index (χ1v) is 13.6. The van der Waals surface area contributed by atoms with Gasteiger partial charge in [-0.3, -0.25) is 4.79 Å². The van der Waals surface area contributed by atoms with E-state index in [0.717, 1.165) is 26.7 Å². The number of carbonyl (C=O) groups excluding carboxylic acids is 2. The number of nitrogens with zero attached hydrogens (tertiary/aromatic N) is 1. The van der Waals surface area contributed by atoms with Gasteiger partial charge in [0, 0.05) is 34.4 Å². The van der Waals surface area contributed by atoms with E-state index in [1.54, 1.807) is 20.3 Å². The Morgan fingerprint density at radius 2 is 1.68 bits per heavy atom. The van der Waals surface area contributed by atoms with Gasteiger partial charge in [-0.15, -0.1) is 0 Å². The van der Waals surface area contributed by atoms with E-state index in [4.69, 9.17) is 14.2 Å². The number of aromatic nitrogens is 1. The standard InChI is InChI=1S/C32H30BrN3O5/c1-39-28-15-14-26(30(18-28)40-2)20-36-21-27(33)17-29(36)31(37)34-16-6-9-23-10-12-24(13-11-23)19-35-32(38)41-22-25-7-4-3-5-8-25/h3-5,7-8,10-15,17-18,21H,16,19-20,22H2,1-2H3,(H,34,37)(H,35,38). The van der Waals surface area contributed by atoms with Gasteiger partial charge in [-0.2, -0.15) is 0 Å². The maximum Gasteiger partial charge on any atom is 0.407 e. The first-order chi connectivity index (χ1) is 19.9. The summed E-state index contributed by atoms with van der Waals surface area (Å²) in [6.45, 7) is 1.19. The Balaban J connectivity index is 1.26. The highest BCUT2D eigenvalue weighted by molar-refractivity contribution is 9.10. The molecule has 0 aliphatic carbocycles. The third-order valence-corrected chi connectivity index (χ3v) is 6.54. The number of ether oxygens (including phenoxy) is 3. The summed E-state index contributed by atoms with van der Waals surface area (Å²) in [5.74, 6) is 7.17. The lowest BCUT2D eigenvalue weighted by Crippen LogP contribution is -2.26. The summed E-state index contributed by atoms with van der Waals surface area (Å²) >= 11 is 3.47. The van der Waals surface area contributed by atoms with Crippen LogP contribution in [0.2, 0.25) is 0 Å². The number of amides is 2. The molecule has 0 fully saturated rings. The number of hydrogen-bond donors (Lipinski definition) is 2. The van der Waals surface area contributed by atoms with E-state index in [-0.39, 0.29) is 19.1 Å². The molecule has 0 saturated heterocycles. The van der Waals surface area contributed by atoms with Crippen LogP contribution in [-0.4, -0.2) is 37.3 Å². The molecular formula is C32H30BrN3O5. The van der Waals surface area contributed by atoms with Crippen LogP contribution in [0.15, 0.2) is 89.5 Å². The molecule has 0 aliphatic heterocycles. The maximum atomic E-state index is 12.9. The molecule has 1 aromatic heterocycles. The van der Waals surface area contributed by atoms with Gasteiger partial charge in [-0.1, -0.05) is 54.3 Å². The second-order valence-electron chi connectivity index (χ2n) is 8.95. The van der Waals surface area contributed by atoms with Crippen molar-refractivity contribution in [2.45, 2.75) is 19.7 Å². The number of hydrogen-bond acceptors (Lipinski definition) is 5. The van der Waals surface area contributed by atoms with Gasteiger partial charge in [0.25, 0.3) is 5.91 Å². The van der Waals surface area contributed by atoms with Gasteiger partial charge in [0.1, 0.15) is 23.8 Å². The fourth-order valence-corrected chi connectivity index (χ4v) is 4.44. The molecule has 41 heavy (non-hydrogen) atoms. The molecule has 4 rings (SSSR count). The normalized spacial score (nSPS) is 10.2. The Bertz CT molecular complexity index is 1540. The number of rotatable bonds is 10. The van der Waals surface area contributed by atoms with Crippen LogP contribution in [0.1, 0.15) is 32.7 Å². The largest absolute Gasteiger partial charge is 0.497 e. The summed E-state index contributed by atoms with van der Waals surface area (Å²) in [6, 6.07) is 24.4. The zero-order valence-corrected chi connectivity index (χ0v) is 24.4. The maximum absolute atomic E-state index is 12.9. The highest BCUT2D eigenvalue weighted by Gasteiger charge is 2.15. The molecule has 0 unspecified atom stereocenters. The molecule has 0 saturated carbocycles. The monoisotopic (exact) mass is 615 g/mol. The number of methoxy groups -OCH3 is 2. The molecule has 210 valence electrons. The molecule has 0 radical (unpaired) electrons. The van der Waals surface area contributed by atoms with E-state index in [1.165, 1.54) is 0 Å². The number of carbonyl (C=O) groups is 2. The van der Waals surface area contributed by atoms with Gasteiger partial charge < -0.3 is 29.4 Å². The smallest absolute Gasteiger partial charge is 0.407 e. The molecule has 0 bridgehead atoms. The van der Waals surface area contributed by atoms with Crippen molar-refractivity contribution >= 4 is 27.9 Å². The molecular weight excluding hydrogens is 586 g/mol. The van der Waals surface area contributed by atoms with Gasteiger partial charge >= 0.3 is 6.09 Å². The molecule has 9 heteroatoms. The molecule has 3 aromatic carbocycles. The van der Waals surface area contributed by atoms with Crippen LogP contribution in [-0.2, 0) is 24.4 Å². The predicted molar refractivity (Wildman–Crippen MR) is 160 cm³/mol. The van der Waals surface area contributed by atoms with Crippen LogP contribution < -0.4 is 20.1 Å². The van der Waals surface area contributed by atoms with Gasteiger partial charge in [0.15, 0.2) is 0 Å². The third kappa shape index (κ3) is 8.65. The van der Waals surface area contributed by atoms with Gasteiger partial charge in [0.05, 0.1) is 27.3 Å². The first-order valence-electron chi connectivity index (χ1n) is 12.8. The molecule has 2 N–H and O–H groups in total. The van der Waals surface area contributed by atoms with E-state index in [1.807, 2.05) is 83.6 Å². The Morgan fingerprint density at radius 3 is 2.41 bits per heavy atom. The van der Waals surface area contributed by atoms with Gasteiger partial charge in [0.2, 0.25) is 0 Å². The van der Waals surface area contributed by atoms with Crippen molar-refractivity contribution in [1.29, 1.82) is 0 Å². The minimum atomic E-state index is -0.477. The lowest BCUT2D eigenvalue weighted by Gasteiger charge is -2.13. The highest BCUT2D eigenvalue weighted by atomic mass is 79.9. The number of halogens is 1. The summed E-state index contributed by atoms with van der Waals surface area (Å²) in [5, 5.41) is 5.60. The molecule has 2 amide bonds. The van der Waals surface area contributed by atoms with Crippen LogP contribution in [0.3, 0.4) is 0 Å². The van der Waals surface area contributed by atoms with E-state index < -0.39 is 6.09 Å². The second kappa shape index (κ2) is 14.6. The fraction of sp³-hybridized carbons (Fsp3) is 0.188. The Hall–Kier alpha value is -4.68. The summed E-state index contributed by atoms with van der Waals surface area (Å²) in [6.07, 6.45) is 1.37. The topological polar surface area (TPSA) is 90.8 Å². The van der Waals surface area contributed by atoms with E-state index in [0.29, 0.717) is 30.3 Å². The average molecular weight is 617 g/mol. The minimum absolute atomic E-state index is 0.185. The van der Waals surface area contributed by atoms with E-state index in [2.05, 4.69) is 38.4 Å². The van der Waals surface area contributed by atoms with Crippen molar-refractivity contribution in [3.8, 4) is 23.3 Å². The van der Waals surface area contributed by atoms with Crippen LogP contribution >= 0.6 is 15.9 Å². The van der Waals surface area contributed by atoms with Crippen LogP contribution in [0.25, 0.3) is 0 Å². The lowest BCUT2D eigenvalue weighted by atomic mass is 10.1. The summed E-state index contributed by atoms with van der Waals surface area (Å²) in [4.78, 5) is 24.9. The van der Waals surface area contributed by atoms with Crippen molar-refractivity contribution < 1.29 is 23.8 Å². The SMILES string of the molecule is COc1ccc(Cn2cc(Br)cc2C(=O)NCC#Cc2ccc(CNC(=O)OCc3ccccc3)cc2)c(OC)c1. The van der Waals surface area contributed by atoms with Crippen molar-refractivity contribution in [2.24, 2.45) is 0 Å². The second-order valence-corrected chi connectivity index (χ2v) is 9.86. The molecule has 4 aromatic rings. The quantitative estimate of drug-likeness (QED) is 0.229. The third-order valence-electron chi connectivity index (χ3n) is 6.10. The van der Waals surface area contributed by atoms with Gasteiger partial charge in [-0.25, -0.2) is 4.79 Å². The average Bonchev–Trinajstić information content (AvgIpc) is 3.38. The Kier molecular flexibility index (Phi) is 10.5. The highest BCUT2D eigenvalue weighted by Crippen LogP contribution is 2.26. The zero-order chi connectivity index (χ0) is 29.0. The number of nitrogens with one attached hydrogen (secondary N) is 2. The molecule has 8 nitrogen and oxygen atoms in total. The van der Waals surface area contributed by atoms with Crippen molar-refractivity contribution in [2.75, 3.05) is 20.8 Å². The van der Waals surface area contributed by atoms with E-state index >= 15 is 0 Å².